The van der Waals surface area contributed by atoms with Gasteiger partial charge in [-0.1, -0.05) is 17.7 Å². The molecule has 8 nitrogen and oxygen atoms in total. The second-order valence-corrected chi connectivity index (χ2v) is 9.93. The number of hydrogen-bond acceptors (Lipinski definition) is 6. The highest BCUT2D eigenvalue weighted by Gasteiger charge is 2.38. The minimum atomic E-state index is -3.61. The van der Waals surface area contributed by atoms with Gasteiger partial charge in [0.15, 0.2) is 5.72 Å². The fourth-order valence-electron chi connectivity index (χ4n) is 3.28. The SMILES string of the molecule is Cc1ccc(S(=O)(=O)N2CCC(N)(OC(=O)Nc3ccc(OC(C)C)cc3)CC2)cc1.Cl. The number of halogens is 1. The number of aryl methyl sites for hydroxylation is 1. The Hall–Kier alpha value is -2.33. The molecule has 0 saturated carbocycles. The number of nitrogens with two attached hydrogens (primary N) is 1. The van der Waals surface area contributed by atoms with E-state index in [0.717, 1.165) is 5.56 Å². The molecule has 3 N–H and O–H groups in total. The number of sulfonamides is 1. The Labute approximate surface area is 195 Å². The third-order valence-corrected chi connectivity index (χ3v) is 6.91. The molecule has 0 aliphatic carbocycles. The summed E-state index contributed by atoms with van der Waals surface area (Å²) in [5.74, 6) is 0.700. The van der Waals surface area contributed by atoms with Gasteiger partial charge in [0, 0.05) is 31.6 Å². The molecule has 1 aliphatic heterocycles. The summed E-state index contributed by atoms with van der Waals surface area (Å²) < 4.78 is 38.0. The molecule has 0 spiro atoms. The van der Waals surface area contributed by atoms with Gasteiger partial charge in [0.1, 0.15) is 5.75 Å². The van der Waals surface area contributed by atoms with E-state index in [-0.39, 0.29) is 49.3 Å². The molecule has 2 aromatic carbocycles. The van der Waals surface area contributed by atoms with Gasteiger partial charge in [-0.2, -0.15) is 4.31 Å². The van der Waals surface area contributed by atoms with E-state index in [0.29, 0.717) is 11.4 Å². The van der Waals surface area contributed by atoms with Crippen LogP contribution in [-0.2, 0) is 14.8 Å². The highest BCUT2D eigenvalue weighted by atomic mass is 35.5. The first-order chi connectivity index (χ1) is 14.6. The minimum Gasteiger partial charge on any atom is -0.491 e. The zero-order chi connectivity index (χ0) is 22.6. The van der Waals surface area contributed by atoms with Crippen molar-refractivity contribution < 1.29 is 22.7 Å². The van der Waals surface area contributed by atoms with E-state index in [1.165, 1.54) is 4.31 Å². The number of piperidine rings is 1. The van der Waals surface area contributed by atoms with Gasteiger partial charge in [-0.05, 0) is 57.2 Å². The minimum absolute atomic E-state index is 0. The van der Waals surface area contributed by atoms with E-state index in [1.807, 2.05) is 20.8 Å². The molecule has 32 heavy (non-hydrogen) atoms. The molecule has 2 aromatic rings. The van der Waals surface area contributed by atoms with E-state index in [9.17, 15) is 13.2 Å². The van der Waals surface area contributed by atoms with Crippen LogP contribution in [0, 0.1) is 6.92 Å². The number of nitrogens with one attached hydrogen (secondary N) is 1. The molecule has 1 saturated heterocycles. The van der Waals surface area contributed by atoms with Crippen LogP contribution in [0.2, 0.25) is 0 Å². The van der Waals surface area contributed by atoms with Crippen molar-refractivity contribution in [2.24, 2.45) is 5.73 Å². The maximum Gasteiger partial charge on any atom is 0.413 e. The maximum absolute atomic E-state index is 12.8. The van der Waals surface area contributed by atoms with Crippen LogP contribution in [-0.4, -0.2) is 43.7 Å². The van der Waals surface area contributed by atoms with Crippen LogP contribution < -0.4 is 15.8 Å². The molecule has 1 amide bonds. The Morgan fingerprint density at radius 3 is 2.16 bits per heavy atom. The number of nitrogens with zero attached hydrogens (tertiary/aromatic N) is 1. The molecule has 0 bridgehead atoms. The van der Waals surface area contributed by atoms with Crippen LogP contribution in [0.15, 0.2) is 53.4 Å². The average Bonchev–Trinajstić information content (AvgIpc) is 2.69. The standard InChI is InChI=1S/C22H29N3O5S.ClH/c1-16(2)29-19-8-6-18(7-9-19)24-21(26)30-22(23)12-14-25(15-13-22)31(27,28)20-10-4-17(3)5-11-20;/h4-11,16H,12-15,23H2,1-3H3,(H,24,26);1H. The van der Waals surface area contributed by atoms with E-state index < -0.39 is 21.8 Å². The number of carbonyl (C=O) groups is 1. The Bertz CT molecular complexity index is 1000. The molecule has 1 heterocycles. The van der Waals surface area contributed by atoms with Gasteiger partial charge in [-0.25, -0.2) is 13.2 Å². The Balaban J connectivity index is 0.00000363. The molecule has 0 unspecified atom stereocenters. The number of carbonyl (C=O) groups excluding carboxylic acids is 1. The van der Waals surface area contributed by atoms with Crippen molar-refractivity contribution in [1.82, 2.24) is 4.31 Å². The number of amides is 1. The number of ether oxygens (including phenoxy) is 2. The van der Waals surface area contributed by atoms with E-state index in [4.69, 9.17) is 15.2 Å². The van der Waals surface area contributed by atoms with Crippen molar-refractivity contribution in [3.63, 3.8) is 0 Å². The van der Waals surface area contributed by atoms with Crippen molar-refractivity contribution in [3.8, 4) is 5.75 Å². The summed E-state index contributed by atoms with van der Waals surface area (Å²) in [4.78, 5) is 12.5. The number of hydrogen-bond donors (Lipinski definition) is 2. The lowest BCUT2D eigenvalue weighted by Crippen LogP contribution is -2.54. The second kappa shape index (κ2) is 10.5. The highest BCUT2D eigenvalue weighted by Crippen LogP contribution is 2.27. The molecule has 3 rings (SSSR count). The molecule has 0 radical (unpaired) electrons. The smallest absolute Gasteiger partial charge is 0.413 e. The molecule has 0 atom stereocenters. The monoisotopic (exact) mass is 483 g/mol. The predicted octanol–water partition coefficient (Wildman–Crippen LogP) is 3.89. The quantitative estimate of drug-likeness (QED) is 0.603. The molecule has 176 valence electrons. The molecule has 10 heteroatoms. The molecule has 1 fully saturated rings. The van der Waals surface area contributed by atoms with Crippen molar-refractivity contribution >= 4 is 34.2 Å². The summed E-state index contributed by atoms with van der Waals surface area (Å²) in [6.45, 7) is 6.10. The molecule has 1 aliphatic rings. The Morgan fingerprint density at radius 1 is 1.06 bits per heavy atom. The van der Waals surface area contributed by atoms with Crippen molar-refractivity contribution in [1.29, 1.82) is 0 Å². The first-order valence-electron chi connectivity index (χ1n) is 10.2. The van der Waals surface area contributed by atoms with Gasteiger partial charge in [0.25, 0.3) is 0 Å². The fraction of sp³-hybridized carbons (Fsp3) is 0.409. The lowest BCUT2D eigenvalue weighted by molar-refractivity contribution is -0.0116. The first kappa shape index (κ1) is 25.9. The van der Waals surface area contributed by atoms with Gasteiger partial charge >= 0.3 is 6.09 Å². The average molecular weight is 484 g/mol. The van der Waals surface area contributed by atoms with Crippen molar-refractivity contribution in [3.05, 3.63) is 54.1 Å². The number of rotatable bonds is 6. The largest absolute Gasteiger partial charge is 0.491 e. The third kappa shape index (κ3) is 6.59. The lowest BCUT2D eigenvalue weighted by Gasteiger charge is -2.37. The van der Waals surface area contributed by atoms with Crippen LogP contribution in [0.25, 0.3) is 0 Å². The third-order valence-electron chi connectivity index (χ3n) is 5.00. The van der Waals surface area contributed by atoms with Gasteiger partial charge in [0.05, 0.1) is 11.0 Å². The van der Waals surface area contributed by atoms with Crippen LogP contribution in [0.4, 0.5) is 10.5 Å². The van der Waals surface area contributed by atoms with Gasteiger partial charge in [0.2, 0.25) is 10.0 Å². The first-order valence-corrected chi connectivity index (χ1v) is 11.6. The van der Waals surface area contributed by atoms with E-state index >= 15 is 0 Å². The normalized spacial score (nSPS) is 16.2. The molecular formula is C22H30ClN3O5S. The fourth-order valence-corrected chi connectivity index (χ4v) is 4.72. The molecule has 0 aromatic heterocycles. The van der Waals surface area contributed by atoms with Gasteiger partial charge in [-0.3, -0.25) is 11.1 Å². The summed E-state index contributed by atoms with van der Waals surface area (Å²) in [5, 5.41) is 2.64. The van der Waals surface area contributed by atoms with Crippen LogP contribution >= 0.6 is 12.4 Å². The zero-order valence-corrected chi connectivity index (χ0v) is 20.0. The number of benzene rings is 2. The van der Waals surface area contributed by atoms with Crippen LogP contribution in [0.1, 0.15) is 32.3 Å². The van der Waals surface area contributed by atoms with Gasteiger partial charge in [-0.15, -0.1) is 12.4 Å². The summed E-state index contributed by atoms with van der Waals surface area (Å²) in [5.41, 5.74) is 6.53. The summed E-state index contributed by atoms with van der Waals surface area (Å²) in [6.07, 6.45) is -0.226. The number of anilines is 1. The molecular weight excluding hydrogens is 454 g/mol. The van der Waals surface area contributed by atoms with Crippen LogP contribution in [0.3, 0.4) is 0 Å². The summed E-state index contributed by atoms with van der Waals surface area (Å²) in [6, 6.07) is 13.6. The summed E-state index contributed by atoms with van der Waals surface area (Å²) in [7, 11) is -3.61. The van der Waals surface area contributed by atoms with Crippen LogP contribution in [0.5, 0.6) is 5.75 Å². The van der Waals surface area contributed by atoms with E-state index in [2.05, 4.69) is 5.32 Å². The zero-order valence-electron chi connectivity index (χ0n) is 18.4. The van der Waals surface area contributed by atoms with Crippen molar-refractivity contribution in [2.75, 3.05) is 18.4 Å². The van der Waals surface area contributed by atoms with Gasteiger partial charge < -0.3 is 9.47 Å². The topological polar surface area (TPSA) is 111 Å². The van der Waals surface area contributed by atoms with E-state index in [1.54, 1.807) is 48.5 Å². The maximum atomic E-state index is 12.8. The summed E-state index contributed by atoms with van der Waals surface area (Å²) >= 11 is 0. The second-order valence-electron chi connectivity index (χ2n) is 7.99. The lowest BCUT2D eigenvalue weighted by atomic mass is 10.0. The Kier molecular flexibility index (Phi) is 8.53. The Morgan fingerprint density at radius 2 is 1.62 bits per heavy atom. The van der Waals surface area contributed by atoms with Crippen molar-refractivity contribution in [2.45, 2.75) is 50.3 Å². The highest BCUT2D eigenvalue weighted by molar-refractivity contribution is 7.89. The predicted molar refractivity (Wildman–Crippen MR) is 126 cm³/mol.